The second-order valence-corrected chi connectivity index (χ2v) is 4.55. The second-order valence-electron chi connectivity index (χ2n) is 4.55. The van der Waals surface area contributed by atoms with E-state index in [2.05, 4.69) is 15.3 Å². The third-order valence-corrected chi connectivity index (χ3v) is 2.81. The van der Waals surface area contributed by atoms with E-state index in [0.29, 0.717) is 12.4 Å². The Morgan fingerprint density at radius 3 is 2.79 bits per heavy atom. The molecule has 0 fully saturated rings. The van der Waals surface area contributed by atoms with Crippen LogP contribution in [-0.2, 0) is 6.54 Å². The summed E-state index contributed by atoms with van der Waals surface area (Å²) >= 11 is 0. The summed E-state index contributed by atoms with van der Waals surface area (Å²) in [6.07, 6.45) is 1.72. The zero-order valence-electron chi connectivity index (χ0n) is 11.7. The molecular weight excluding hydrogens is 242 g/mol. The summed E-state index contributed by atoms with van der Waals surface area (Å²) in [5.74, 6) is 2.33. The fourth-order valence-electron chi connectivity index (χ4n) is 1.83. The maximum Gasteiger partial charge on any atom is 0.211 e. The number of rotatable bonds is 5. The molecule has 0 bridgehead atoms. The molecule has 5 nitrogen and oxygen atoms in total. The summed E-state index contributed by atoms with van der Waals surface area (Å²) in [5, 5.41) is 3.33. The van der Waals surface area contributed by atoms with Crippen LogP contribution in [-0.4, -0.2) is 17.1 Å². The van der Waals surface area contributed by atoms with Crippen molar-refractivity contribution in [2.45, 2.75) is 33.4 Å². The third kappa shape index (κ3) is 3.54. The molecule has 0 aliphatic carbocycles. The molecular formula is C14H19N3O2. The highest BCUT2D eigenvalue weighted by Gasteiger charge is 2.11. The number of aromatic nitrogens is 2. The highest BCUT2D eigenvalue weighted by Crippen LogP contribution is 2.15. The van der Waals surface area contributed by atoms with Crippen LogP contribution in [0.25, 0.3) is 0 Å². The summed E-state index contributed by atoms with van der Waals surface area (Å²) in [7, 11) is 1.66. The normalized spacial score (nSPS) is 12.4. The molecule has 19 heavy (non-hydrogen) atoms. The number of oxazole rings is 1. The van der Waals surface area contributed by atoms with Gasteiger partial charge in [-0.05, 0) is 20.8 Å². The van der Waals surface area contributed by atoms with Crippen LogP contribution in [0.2, 0.25) is 0 Å². The summed E-state index contributed by atoms with van der Waals surface area (Å²) in [5.41, 5.74) is 1.88. The highest BCUT2D eigenvalue weighted by molar-refractivity contribution is 5.26. The smallest absolute Gasteiger partial charge is 0.211 e. The van der Waals surface area contributed by atoms with Crippen molar-refractivity contribution < 1.29 is 9.15 Å². The molecule has 1 unspecified atom stereocenters. The molecule has 1 atom stereocenters. The number of pyridine rings is 1. The monoisotopic (exact) mass is 261 g/mol. The molecule has 0 aromatic carbocycles. The van der Waals surface area contributed by atoms with Crippen LogP contribution in [0.15, 0.2) is 22.7 Å². The summed E-state index contributed by atoms with van der Waals surface area (Å²) < 4.78 is 10.7. The quantitative estimate of drug-likeness (QED) is 0.896. The molecule has 0 radical (unpaired) electrons. The van der Waals surface area contributed by atoms with Crippen molar-refractivity contribution in [2.75, 3.05) is 7.11 Å². The maximum atomic E-state index is 5.48. The van der Waals surface area contributed by atoms with Gasteiger partial charge in [-0.1, -0.05) is 0 Å². The molecule has 2 aromatic rings. The fraction of sp³-hybridized carbons (Fsp3) is 0.429. The van der Waals surface area contributed by atoms with Crippen LogP contribution < -0.4 is 10.1 Å². The molecule has 2 rings (SSSR count). The number of nitrogens with one attached hydrogen (secondary N) is 1. The van der Waals surface area contributed by atoms with Crippen molar-refractivity contribution in [3.05, 3.63) is 41.4 Å². The Morgan fingerprint density at radius 2 is 2.16 bits per heavy atom. The van der Waals surface area contributed by atoms with E-state index in [0.717, 1.165) is 22.9 Å². The van der Waals surface area contributed by atoms with E-state index in [4.69, 9.17) is 9.15 Å². The van der Waals surface area contributed by atoms with Crippen LogP contribution in [0.1, 0.15) is 36.0 Å². The summed E-state index contributed by atoms with van der Waals surface area (Å²) in [6, 6.07) is 3.87. The minimum atomic E-state index is 0.0435. The van der Waals surface area contributed by atoms with Crippen molar-refractivity contribution in [1.82, 2.24) is 15.3 Å². The lowest BCUT2D eigenvalue weighted by Gasteiger charge is -2.11. The van der Waals surface area contributed by atoms with E-state index < -0.39 is 0 Å². The van der Waals surface area contributed by atoms with Gasteiger partial charge in [-0.25, -0.2) is 4.98 Å². The van der Waals surface area contributed by atoms with Gasteiger partial charge in [-0.3, -0.25) is 4.98 Å². The van der Waals surface area contributed by atoms with E-state index in [1.165, 1.54) is 0 Å². The van der Waals surface area contributed by atoms with E-state index in [1.54, 1.807) is 13.3 Å². The fourth-order valence-corrected chi connectivity index (χ4v) is 1.83. The van der Waals surface area contributed by atoms with Gasteiger partial charge in [0.2, 0.25) is 5.89 Å². The van der Waals surface area contributed by atoms with Gasteiger partial charge in [0, 0.05) is 24.4 Å². The first kappa shape index (κ1) is 13.5. The second kappa shape index (κ2) is 5.84. The van der Waals surface area contributed by atoms with Gasteiger partial charge < -0.3 is 14.5 Å². The van der Waals surface area contributed by atoms with E-state index in [9.17, 15) is 0 Å². The number of aryl methyl sites for hydroxylation is 2. The largest absolute Gasteiger partial charge is 0.497 e. The van der Waals surface area contributed by atoms with Crippen LogP contribution in [0.4, 0.5) is 0 Å². The molecule has 1 N–H and O–H groups in total. The third-order valence-electron chi connectivity index (χ3n) is 2.81. The molecule has 0 saturated carbocycles. The van der Waals surface area contributed by atoms with Gasteiger partial charge in [0.15, 0.2) is 0 Å². The summed E-state index contributed by atoms with van der Waals surface area (Å²) in [4.78, 5) is 8.66. The van der Waals surface area contributed by atoms with Gasteiger partial charge in [-0.2, -0.15) is 0 Å². The van der Waals surface area contributed by atoms with E-state index >= 15 is 0 Å². The van der Waals surface area contributed by atoms with Crippen LogP contribution >= 0.6 is 0 Å². The first-order valence-corrected chi connectivity index (χ1v) is 6.25. The van der Waals surface area contributed by atoms with Gasteiger partial charge >= 0.3 is 0 Å². The Hall–Kier alpha value is -1.88. The lowest BCUT2D eigenvalue weighted by atomic mass is 10.2. The lowest BCUT2D eigenvalue weighted by Crippen LogP contribution is -2.19. The molecule has 0 spiro atoms. The number of ether oxygens (including phenoxy) is 1. The maximum absolute atomic E-state index is 5.48. The Kier molecular flexibility index (Phi) is 4.16. The molecule has 0 aliphatic heterocycles. The molecule has 0 saturated heterocycles. The number of hydrogen-bond donors (Lipinski definition) is 1. The molecule has 0 amide bonds. The zero-order chi connectivity index (χ0) is 13.8. The number of hydrogen-bond acceptors (Lipinski definition) is 5. The topological polar surface area (TPSA) is 60.2 Å². The SMILES string of the molecule is COc1cc(C)nc(CNC(C)c2ncc(C)o2)c1. The van der Waals surface area contributed by atoms with Crippen molar-refractivity contribution in [3.63, 3.8) is 0 Å². The highest BCUT2D eigenvalue weighted by atomic mass is 16.5. The van der Waals surface area contributed by atoms with Crippen molar-refractivity contribution in [3.8, 4) is 5.75 Å². The first-order valence-electron chi connectivity index (χ1n) is 6.25. The molecule has 102 valence electrons. The Bertz CT molecular complexity index is 551. The van der Waals surface area contributed by atoms with E-state index in [-0.39, 0.29) is 6.04 Å². The van der Waals surface area contributed by atoms with Gasteiger partial charge in [0.05, 0.1) is 25.0 Å². The van der Waals surface area contributed by atoms with Crippen molar-refractivity contribution >= 4 is 0 Å². The molecule has 5 heteroatoms. The predicted molar refractivity (Wildman–Crippen MR) is 72.0 cm³/mol. The number of nitrogens with zero attached hydrogens (tertiary/aromatic N) is 2. The Labute approximate surface area is 113 Å². The Morgan fingerprint density at radius 1 is 1.37 bits per heavy atom. The standard InChI is InChI=1S/C14H19N3O2/c1-9-5-13(18-4)6-12(17-9)8-15-11(3)14-16-7-10(2)19-14/h5-7,11,15H,8H2,1-4H3. The minimum absolute atomic E-state index is 0.0435. The van der Waals surface area contributed by atoms with E-state index in [1.807, 2.05) is 32.9 Å². The van der Waals surface area contributed by atoms with Gasteiger partial charge in [0.1, 0.15) is 11.5 Å². The van der Waals surface area contributed by atoms with Crippen molar-refractivity contribution in [2.24, 2.45) is 0 Å². The first-order chi connectivity index (χ1) is 9.08. The average Bonchev–Trinajstić information content (AvgIpc) is 2.82. The Balaban J connectivity index is 2.00. The lowest BCUT2D eigenvalue weighted by molar-refractivity contribution is 0.398. The van der Waals surface area contributed by atoms with Crippen LogP contribution in [0.5, 0.6) is 5.75 Å². The summed E-state index contributed by atoms with van der Waals surface area (Å²) in [6.45, 7) is 6.49. The van der Waals surface area contributed by atoms with Gasteiger partial charge in [-0.15, -0.1) is 0 Å². The van der Waals surface area contributed by atoms with Gasteiger partial charge in [0.25, 0.3) is 0 Å². The number of methoxy groups -OCH3 is 1. The molecule has 0 aliphatic rings. The molecule has 2 aromatic heterocycles. The average molecular weight is 261 g/mol. The zero-order valence-corrected chi connectivity index (χ0v) is 11.7. The van der Waals surface area contributed by atoms with Crippen molar-refractivity contribution in [1.29, 1.82) is 0 Å². The van der Waals surface area contributed by atoms with Crippen LogP contribution in [0.3, 0.4) is 0 Å². The van der Waals surface area contributed by atoms with Crippen LogP contribution in [0, 0.1) is 13.8 Å². The predicted octanol–water partition coefficient (Wildman–Crippen LogP) is 2.55. The molecule has 2 heterocycles. The minimum Gasteiger partial charge on any atom is -0.497 e.